The van der Waals surface area contributed by atoms with Crippen LogP contribution in [0.1, 0.15) is 129 Å². The van der Waals surface area contributed by atoms with Gasteiger partial charge >= 0.3 is 51.4 Å². The molecule has 0 radical (unpaired) electrons. The van der Waals surface area contributed by atoms with Crippen LogP contribution in [-0.2, 0) is 39.9 Å². The molecule has 2 fully saturated rings. The van der Waals surface area contributed by atoms with Crippen LogP contribution in [0.4, 0.5) is 0 Å². The zero-order valence-corrected chi connectivity index (χ0v) is 36.9. The average molecular weight is 773 g/mol. The third-order valence-corrected chi connectivity index (χ3v) is 11.9. The van der Waals surface area contributed by atoms with Gasteiger partial charge in [-0.2, -0.15) is 0 Å². The summed E-state index contributed by atoms with van der Waals surface area (Å²) in [7, 11) is -2.32. The van der Waals surface area contributed by atoms with Gasteiger partial charge in [-0.05, 0) is 113 Å². The van der Waals surface area contributed by atoms with Crippen LogP contribution in [0, 0.1) is 0 Å². The second-order valence-corrected chi connectivity index (χ2v) is 17.2. The molecule has 284 valence electrons. The molecule has 2 saturated heterocycles. The molecule has 1 aromatic carbocycles. The van der Waals surface area contributed by atoms with E-state index in [0.717, 1.165) is 49.8 Å². The fourth-order valence-electron chi connectivity index (χ4n) is 9.32. The Hall–Kier alpha value is -2.29. The zero-order valence-electron chi connectivity index (χ0n) is 32.9. The average Bonchev–Trinajstić information content (AvgIpc) is 3.84. The number of imidazole rings is 1. The number of nitrogens with zero attached hydrogens (tertiary/aromatic N) is 5. The molecule has 0 spiro atoms. The van der Waals surface area contributed by atoms with E-state index in [1.165, 1.54) is 0 Å². The summed E-state index contributed by atoms with van der Waals surface area (Å²) in [5, 5.41) is 3.26. The van der Waals surface area contributed by atoms with Gasteiger partial charge in [0.2, 0.25) is 17.7 Å². The van der Waals surface area contributed by atoms with E-state index in [0.29, 0.717) is 19.3 Å². The van der Waals surface area contributed by atoms with Crippen molar-refractivity contribution in [2.45, 2.75) is 152 Å². The maximum absolute atomic E-state index is 13.3. The Kier molecular flexibility index (Phi) is 15.2. The monoisotopic (exact) mass is 772 g/mol. The molecule has 0 saturated carbocycles. The van der Waals surface area contributed by atoms with Crippen LogP contribution in [0.5, 0.6) is 0 Å². The Balaban J connectivity index is 0.00000627. The van der Waals surface area contributed by atoms with Gasteiger partial charge in [0, 0.05) is 79.9 Å². The van der Waals surface area contributed by atoms with Crippen LogP contribution in [-0.4, -0.2) is 71.3 Å². The Morgan fingerprint density at radius 2 is 1.64 bits per heavy atom. The number of carbonyl (C=O) groups is 3. The minimum absolute atomic E-state index is 0. The number of aromatic nitrogens is 3. The SMILES string of the molecule is CCC(CC(CC(CC(C)n1ccc(CC(=O)NC2CC(C)(C)N(C(C)=O)C(C)(C)C2)c1)c1ccc([S-](=O)=O)cc1)N1CCCC1=O)n1ccnc1.[K+]. The molecular weight excluding hydrogens is 716 g/mol. The smallest absolute Gasteiger partial charge is 0.420 e. The van der Waals surface area contributed by atoms with Crippen molar-refractivity contribution < 1.29 is 74.2 Å². The molecule has 4 atom stereocenters. The first kappa shape index (κ1) is 43.4. The molecule has 4 heterocycles. The maximum Gasteiger partial charge on any atom is 1.00 e. The van der Waals surface area contributed by atoms with Crippen molar-refractivity contribution >= 4 is 28.4 Å². The van der Waals surface area contributed by atoms with Crippen LogP contribution < -0.4 is 56.7 Å². The van der Waals surface area contributed by atoms with Gasteiger partial charge in [0.1, 0.15) is 0 Å². The van der Waals surface area contributed by atoms with E-state index >= 15 is 0 Å². The van der Waals surface area contributed by atoms with Gasteiger partial charge in [-0.25, -0.2) is 4.98 Å². The molecule has 2 aromatic heterocycles. The number of amides is 3. The topological polar surface area (TPSA) is 127 Å². The zero-order chi connectivity index (χ0) is 37.8. The van der Waals surface area contributed by atoms with Crippen molar-refractivity contribution in [3.8, 4) is 0 Å². The Bertz CT molecular complexity index is 1740. The standard InChI is InChI=1S/C40H57N6O5S.K/c1-8-34(44-19-16-41-27-44)23-35(45-17-9-10-38(45)49)22-32(31-11-13-36(14-12-31)52(50)51)20-28(2)43-18-15-30(26-43)21-37(48)42-33-24-39(4,5)46(29(3)47)40(6,7)25-33;/h11-16,18-19,26-28,32-35H,8-10,17,20-25H2,1-7H3,(H,42,48);/q-1;+1. The number of benzene rings is 1. The Morgan fingerprint density at radius 1 is 0.962 bits per heavy atom. The maximum atomic E-state index is 13.3. The third kappa shape index (κ3) is 10.9. The Morgan fingerprint density at radius 3 is 2.19 bits per heavy atom. The summed E-state index contributed by atoms with van der Waals surface area (Å²) < 4.78 is 27.7. The summed E-state index contributed by atoms with van der Waals surface area (Å²) in [5.74, 6) is 0.255. The van der Waals surface area contributed by atoms with Gasteiger partial charge < -0.3 is 32.7 Å². The number of carbonyl (C=O) groups excluding carboxylic acids is 3. The summed E-state index contributed by atoms with van der Waals surface area (Å²) in [5.41, 5.74) is 1.23. The van der Waals surface area contributed by atoms with Crippen LogP contribution in [0.25, 0.3) is 0 Å². The van der Waals surface area contributed by atoms with Crippen molar-refractivity contribution in [3.63, 3.8) is 0 Å². The Labute approximate surface area is 360 Å². The molecule has 1 N–H and O–H groups in total. The van der Waals surface area contributed by atoms with Crippen molar-refractivity contribution in [3.05, 3.63) is 72.6 Å². The number of likely N-dealkylation sites (tertiary alicyclic amines) is 2. The van der Waals surface area contributed by atoms with Gasteiger partial charge in [0.05, 0.1) is 12.7 Å². The van der Waals surface area contributed by atoms with Crippen LogP contribution in [0.2, 0.25) is 0 Å². The summed E-state index contributed by atoms with van der Waals surface area (Å²) in [6, 6.07) is 9.38. The predicted octanol–water partition coefficient (Wildman–Crippen LogP) is 3.74. The van der Waals surface area contributed by atoms with Crippen LogP contribution in [0.3, 0.4) is 0 Å². The molecule has 11 nitrogen and oxygen atoms in total. The van der Waals surface area contributed by atoms with E-state index in [9.17, 15) is 22.8 Å². The molecule has 2 aliphatic heterocycles. The molecule has 4 unspecified atom stereocenters. The van der Waals surface area contributed by atoms with Gasteiger partial charge in [-0.3, -0.25) is 14.4 Å². The summed E-state index contributed by atoms with van der Waals surface area (Å²) >= 11 is 0. The molecule has 13 heteroatoms. The molecule has 0 bridgehead atoms. The number of piperidine rings is 1. The number of rotatable bonds is 15. The number of hydrogen-bond donors (Lipinski definition) is 1. The minimum Gasteiger partial charge on any atom is -0.420 e. The van der Waals surface area contributed by atoms with E-state index in [4.69, 9.17) is 0 Å². The van der Waals surface area contributed by atoms with Crippen molar-refractivity contribution in [2.75, 3.05) is 6.54 Å². The minimum atomic E-state index is -2.32. The van der Waals surface area contributed by atoms with Gasteiger partial charge in [-0.15, -0.1) is 0 Å². The van der Waals surface area contributed by atoms with E-state index in [1.807, 2.05) is 48.0 Å². The summed E-state index contributed by atoms with van der Waals surface area (Å²) in [4.78, 5) is 47.5. The van der Waals surface area contributed by atoms with Crippen molar-refractivity contribution in [1.82, 2.24) is 29.2 Å². The summed E-state index contributed by atoms with van der Waals surface area (Å²) in [6.07, 6.45) is 16.0. The van der Waals surface area contributed by atoms with Crippen molar-refractivity contribution in [2.24, 2.45) is 0 Å². The van der Waals surface area contributed by atoms with E-state index < -0.39 is 10.7 Å². The molecule has 5 rings (SSSR count). The van der Waals surface area contributed by atoms with Crippen LogP contribution in [0.15, 0.2) is 66.3 Å². The molecule has 2 aliphatic rings. The fourth-order valence-corrected chi connectivity index (χ4v) is 9.68. The normalized spacial score (nSPS) is 19.4. The van der Waals surface area contributed by atoms with E-state index in [-0.39, 0.29) is 122 Å². The summed E-state index contributed by atoms with van der Waals surface area (Å²) in [6.45, 7) is 14.9. The van der Waals surface area contributed by atoms with Gasteiger partial charge in [0.15, 0.2) is 0 Å². The molecule has 3 amide bonds. The first-order valence-corrected chi connectivity index (χ1v) is 19.9. The third-order valence-electron chi connectivity index (χ3n) is 11.3. The van der Waals surface area contributed by atoms with Crippen molar-refractivity contribution in [1.29, 1.82) is 0 Å². The molecule has 3 aromatic rings. The second-order valence-electron chi connectivity index (χ2n) is 16.3. The van der Waals surface area contributed by atoms with E-state index in [1.54, 1.807) is 25.3 Å². The molecule has 0 aliphatic carbocycles. The van der Waals surface area contributed by atoms with Gasteiger partial charge in [0.25, 0.3) is 0 Å². The van der Waals surface area contributed by atoms with Gasteiger partial charge in [-0.1, -0.05) is 36.1 Å². The predicted molar refractivity (Wildman–Crippen MR) is 201 cm³/mol. The number of nitrogens with one attached hydrogen (secondary N) is 1. The second kappa shape index (κ2) is 18.6. The van der Waals surface area contributed by atoms with E-state index in [2.05, 4.69) is 65.9 Å². The molecular formula is C40H57KN6O5S. The first-order chi connectivity index (χ1) is 24.6. The van der Waals surface area contributed by atoms with Crippen LogP contribution >= 0.6 is 0 Å². The largest absolute Gasteiger partial charge is 1.00 e. The quantitative estimate of drug-likeness (QED) is 0.186. The fraction of sp³-hybridized carbons (Fsp3) is 0.600. The molecule has 53 heavy (non-hydrogen) atoms. The number of hydrogen-bond acceptors (Lipinski definition) is 7. The first-order valence-electron chi connectivity index (χ1n) is 18.8.